The molecule has 0 spiro atoms. The van der Waals surface area contributed by atoms with Gasteiger partial charge in [-0.1, -0.05) is 44.8 Å². The lowest BCUT2D eigenvalue weighted by Crippen LogP contribution is -3.00. The van der Waals surface area contributed by atoms with E-state index >= 15 is 0 Å². The molecule has 0 aliphatic heterocycles. The summed E-state index contributed by atoms with van der Waals surface area (Å²) in [5.41, 5.74) is -0.307. The SMILES string of the molecule is CC(C)(C)Nc1nc(NC(C)(C)C)[nH+]c(SSC(Cl)(Cl)Cl)n1.[Cl-]. The van der Waals surface area contributed by atoms with Crippen LogP contribution in [0.15, 0.2) is 5.16 Å². The van der Waals surface area contributed by atoms with Gasteiger partial charge in [-0.15, -0.1) is 0 Å². The molecule has 23 heavy (non-hydrogen) atoms. The average molecular weight is 441 g/mol. The van der Waals surface area contributed by atoms with Crippen LogP contribution in [0.4, 0.5) is 11.9 Å². The number of alkyl halides is 3. The molecule has 0 saturated heterocycles. The van der Waals surface area contributed by atoms with E-state index in [9.17, 15) is 0 Å². The Bertz CT molecular complexity index is 477. The van der Waals surface area contributed by atoms with Gasteiger partial charge in [-0.05, 0) is 52.3 Å². The number of nitrogens with zero attached hydrogens (tertiary/aromatic N) is 2. The topological polar surface area (TPSA) is 64.0 Å². The summed E-state index contributed by atoms with van der Waals surface area (Å²) in [5, 5.41) is 7.11. The van der Waals surface area contributed by atoms with Gasteiger partial charge in [0.1, 0.15) is 0 Å². The maximum atomic E-state index is 5.76. The lowest BCUT2D eigenvalue weighted by atomic mass is 10.1. The van der Waals surface area contributed by atoms with Gasteiger partial charge in [-0.25, -0.2) is 4.98 Å². The molecule has 5 nitrogen and oxygen atoms in total. The van der Waals surface area contributed by atoms with Crippen molar-refractivity contribution in [2.45, 2.75) is 60.9 Å². The van der Waals surface area contributed by atoms with Crippen LogP contribution in [0.2, 0.25) is 0 Å². The maximum Gasteiger partial charge on any atom is 0.350 e. The predicted octanol–water partition coefficient (Wildman–Crippen LogP) is 1.78. The zero-order chi connectivity index (χ0) is 17.2. The third-order valence-corrected chi connectivity index (χ3v) is 5.46. The van der Waals surface area contributed by atoms with Crippen LogP contribution >= 0.6 is 56.4 Å². The first kappa shape index (κ1) is 23.5. The lowest BCUT2D eigenvalue weighted by Gasteiger charge is -2.19. The number of hydrogen-bond acceptors (Lipinski definition) is 6. The third kappa shape index (κ3) is 11.6. The standard InChI is InChI=1S/C12H20Cl3N5S2.ClH/c1-10(2,3)19-7-16-8(20-11(4,5)6)18-9(17-7)21-22-12(13,14)15;/h1-6H3,(H2,16,17,18,19,20);1H. The monoisotopic (exact) mass is 439 g/mol. The summed E-state index contributed by atoms with van der Waals surface area (Å²) in [6.45, 7) is 12.2. The van der Waals surface area contributed by atoms with Gasteiger partial charge in [-0.2, -0.15) is 0 Å². The van der Waals surface area contributed by atoms with Crippen LogP contribution in [0.3, 0.4) is 0 Å². The van der Waals surface area contributed by atoms with Gasteiger partial charge in [0.2, 0.25) is 3.12 Å². The number of aromatic amines is 1. The van der Waals surface area contributed by atoms with Crippen LogP contribution in [0.1, 0.15) is 41.5 Å². The normalized spacial score (nSPS) is 12.6. The Morgan fingerprint density at radius 2 is 1.43 bits per heavy atom. The van der Waals surface area contributed by atoms with Crippen LogP contribution in [-0.2, 0) is 0 Å². The summed E-state index contributed by atoms with van der Waals surface area (Å²) in [4.78, 5) is 11.9. The predicted molar refractivity (Wildman–Crippen MR) is 99.1 cm³/mol. The van der Waals surface area contributed by atoms with Crippen molar-refractivity contribution in [1.82, 2.24) is 9.97 Å². The fourth-order valence-electron chi connectivity index (χ4n) is 1.32. The van der Waals surface area contributed by atoms with Gasteiger partial charge >= 0.3 is 11.9 Å². The molecule has 1 rings (SSSR count). The number of hydrogen-bond donors (Lipinski definition) is 2. The third-order valence-electron chi connectivity index (χ3n) is 1.85. The fourth-order valence-corrected chi connectivity index (χ4v) is 3.36. The highest BCUT2D eigenvalue weighted by atomic mass is 35.6. The Morgan fingerprint density at radius 3 is 1.87 bits per heavy atom. The molecule has 1 aromatic heterocycles. The lowest BCUT2D eigenvalue weighted by molar-refractivity contribution is -0.421. The second-order valence-corrected chi connectivity index (χ2v) is 12.0. The Balaban J connectivity index is 0.00000484. The molecule has 0 aromatic carbocycles. The molecule has 1 heterocycles. The number of aromatic nitrogens is 3. The Labute approximate surface area is 166 Å². The quantitative estimate of drug-likeness (QED) is 0.549. The maximum absolute atomic E-state index is 5.76. The van der Waals surface area contributed by atoms with Crippen molar-refractivity contribution >= 4 is 68.3 Å². The number of nitrogens with one attached hydrogen (secondary N) is 3. The number of halogens is 4. The van der Waals surface area contributed by atoms with E-state index in [2.05, 4.69) is 25.6 Å². The zero-order valence-corrected chi connectivity index (χ0v) is 18.4. The Morgan fingerprint density at radius 1 is 0.913 bits per heavy atom. The van der Waals surface area contributed by atoms with Gasteiger partial charge in [-0.3, -0.25) is 5.32 Å². The van der Waals surface area contributed by atoms with E-state index in [1.165, 1.54) is 10.8 Å². The summed E-state index contributed by atoms with van der Waals surface area (Å²) >= 11 is 17.3. The van der Waals surface area contributed by atoms with Crippen LogP contribution < -0.4 is 28.0 Å². The highest BCUT2D eigenvalue weighted by Crippen LogP contribution is 2.47. The van der Waals surface area contributed by atoms with Crippen molar-refractivity contribution in [2.24, 2.45) is 0 Å². The first-order valence-electron chi connectivity index (χ1n) is 6.54. The molecule has 0 saturated carbocycles. The van der Waals surface area contributed by atoms with Crippen molar-refractivity contribution in [3.8, 4) is 0 Å². The van der Waals surface area contributed by atoms with Gasteiger partial charge in [0.05, 0.1) is 5.54 Å². The molecular formula is C12H21Cl4N5S2. The van der Waals surface area contributed by atoms with E-state index in [0.717, 1.165) is 10.8 Å². The summed E-state index contributed by atoms with van der Waals surface area (Å²) < 4.78 is -1.42. The smallest absolute Gasteiger partial charge is 0.350 e. The highest BCUT2D eigenvalue weighted by molar-refractivity contribution is 8.78. The molecule has 0 radical (unpaired) electrons. The largest absolute Gasteiger partial charge is 1.00 e. The first-order chi connectivity index (χ1) is 9.73. The van der Waals surface area contributed by atoms with Crippen LogP contribution in [0, 0.1) is 0 Å². The van der Waals surface area contributed by atoms with Gasteiger partial charge in [0.15, 0.2) is 0 Å². The molecule has 0 amide bonds. The van der Waals surface area contributed by atoms with Gasteiger partial charge in [0, 0.05) is 16.3 Å². The minimum atomic E-state index is -1.42. The van der Waals surface area contributed by atoms with Crippen molar-refractivity contribution in [3.63, 3.8) is 0 Å². The van der Waals surface area contributed by atoms with Crippen molar-refractivity contribution in [2.75, 3.05) is 10.6 Å². The van der Waals surface area contributed by atoms with Gasteiger partial charge in [0.25, 0.3) is 5.16 Å². The molecule has 0 bridgehead atoms. The molecular weight excluding hydrogens is 420 g/mol. The number of anilines is 2. The zero-order valence-electron chi connectivity index (χ0n) is 13.7. The molecule has 134 valence electrons. The molecule has 1 aromatic rings. The number of rotatable bonds is 4. The van der Waals surface area contributed by atoms with Crippen molar-refractivity contribution < 1.29 is 17.4 Å². The molecule has 0 aliphatic rings. The molecule has 11 heteroatoms. The van der Waals surface area contributed by atoms with Crippen molar-refractivity contribution in [3.05, 3.63) is 0 Å². The van der Waals surface area contributed by atoms with Crippen LogP contribution in [0.5, 0.6) is 0 Å². The molecule has 3 N–H and O–H groups in total. The van der Waals surface area contributed by atoms with Crippen LogP contribution in [-0.4, -0.2) is 24.2 Å². The van der Waals surface area contributed by atoms with E-state index in [0.29, 0.717) is 17.1 Å². The molecule has 0 fully saturated rings. The average Bonchev–Trinajstić information content (AvgIpc) is 2.20. The van der Waals surface area contributed by atoms with Crippen LogP contribution in [0.25, 0.3) is 0 Å². The second-order valence-electron chi connectivity index (χ2n) is 6.69. The molecule has 0 unspecified atom stereocenters. The Hall–Kier alpha value is 0.470. The summed E-state index contributed by atoms with van der Waals surface area (Å²) in [5.74, 6) is 1.10. The summed E-state index contributed by atoms with van der Waals surface area (Å²) in [6.07, 6.45) is 0. The fraction of sp³-hybridized carbons (Fsp3) is 0.750. The minimum absolute atomic E-state index is 0. The highest BCUT2D eigenvalue weighted by Gasteiger charge is 2.26. The van der Waals surface area contributed by atoms with E-state index in [-0.39, 0.29) is 23.5 Å². The van der Waals surface area contributed by atoms with E-state index < -0.39 is 3.12 Å². The van der Waals surface area contributed by atoms with Gasteiger partial charge < -0.3 is 17.7 Å². The van der Waals surface area contributed by atoms with E-state index in [1.54, 1.807) is 0 Å². The first-order valence-corrected chi connectivity index (χ1v) is 9.82. The number of H-pyrrole nitrogens is 1. The van der Waals surface area contributed by atoms with E-state index in [4.69, 9.17) is 34.8 Å². The summed E-state index contributed by atoms with van der Waals surface area (Å²) in [7, 11) is 2.32. The van der Waals surface area contributed by atoms with E-state index in [1.807, 2.05) is 41.5 Å². The molecule has 0 aliphatic carbocycles. The van der Waals surface area contributed by atoms with Crippen molar-refractivity contribution in [1.29, 1.82) is 0 Å². The second kappa shape index (κ2) is 8.72. The minimum Gasteiger partial charge on any atom is -1.00 e. The molecule has 0 atom stereocenters. The summed E-state index contributed by atoms with van der Waals surface area (Å²) in [6, 6.07) is 0. The Kier molecular flexibility index (Phi) is 8.90.